The lowest BCUT2D eigenvalue weighted by atomic mass is 10.1. The number of hydrogen-bond acceptors (Lipinski definition) is 4. The van der Waals surface area contributed by atoms with Crippen molar-refractivity contribution in [2.24, 2.45) is 4.99 Å². The van der Waals surface area contributed by atoms with Gasteiger partial charge in [-0.05, 0) is 48.5 Å². The van der Waals surface area contributed by atoms with E-state index in [4.69, 9.17) is 4.74 Å². The van der Waals surface area contributed by atoms with E-state index in [1.807, 2.05) is 0 Å². The van der Waals surface area contributed by atoms with Crippen molar-refractivity contribution in [1.29, 1.82) is 0 Å². The van der Waals surface area contributed by atoms with E-state index >= 15 is 0 Å². The number of aliphatic imine (C=N–C) groups is 1. The third kappa shape index (κ3) is 4.15. The van der Waals surface area contributed by atoms with Crippen LogP contribution in [-0.4, -0.2) is 35.0 Å². The highest BCUT2D eigenvalue weighted by Gasteiger charge is 2.62. The SMILES string of the molecule is COc1ccc(N2C(=Nc3ccc(C(F)(F)F)cc3)SCC2(O)C(F)(F)F)cc1. The van der Waals surface area contributed by atoms with Crippen LogP contribution in [0.3, 0.4) is 0 Å². The lowest BCUT2D eigenvalue weighted by Crippen LogP contribution is -2.58. The first-order chi connectivity index (χ1) is 13.5. The fourth-order valence-corrected chi connectivity index (χ4v) is 3.81. The number of halogens is 6. The van der Waals surface area contributed by atoms with Gasteiger partial charge >= 0.3 is 12.4 Å². The van der Waals surface area contributed by atoms with Crippen LogP contribution in [-0.2, 0) is 6.18 Å². The molecule has 0 spiro atoms. The Kier molecular flexibility index (Phi) is 5.48. The van der Waals surface area contributed by atoms with E-state index in [1.165, 1.54) is 31.4 Å². The number of thioether (sulfide) groups is 1. The summed E-state index contributed by atoms with van der Waals surface area (Å²) >= 11 is 0.646. The summed E-state index contributed by atoms with van der Waals surface area (Å²) in [5.41, 5.74) is -4.11. The molecule has 1 aliphatic heterocycles. The number of amidine groups is 1. The van der Waals surface area contributed by atoms with Gasteiger partial charge in [-0.25, -0.2) is 4.99 Å². The number of hydrogen-bond donors (Lipinski definition) is 1. The van der Waals surface area contributed by atoms with Gasteiger partial charge in [0.25, 0.3) is 5.72 Å². The second kappa shape index (κ2) is 7.45. The van der Waals surface area contributed by atoms with Crippen LogP contribution in [0, 0.1) is 0 Å². The van der Waals surface area contributed by atoms with E-state index in [2.05, 4.69) is 4.99 Å². The molecule has 11 heteroatoms. The first kappa shape index (κ1) is 21.3. The Morgan fingerprint density at radius 2 is 1.59 bits per heavy atom. The largest absolute Gasteiger partial charge is 0.497 e. The van der Waals surface area contributed by atoms with Crippen molar-refractivity contribution < 1.29 is 36.2 Å². The minimum atomic E-state index is -5.00. The van der Waals surface area contributed by atoms with E-state index in [-0.39, 0.29) is 16.5 Å². The van der Waals surface area contributed by atoms with Crippen molar-refractivity contribution >= 4 is 28.3 Å². The molecule has 0 bridgehead atoms. The van der Waals surface area contributed by atoms with Crippen LogP contribution in [0.15, 0.2) is 53.5 Å². The molecule has 3 rings (SSSR count). The van der Waals surface area contributed by atoms with Gasteiger partial charge in [0.05, 0.1) is 24.1 Å². The normalized spacial score (nSPS) is 21.7. The smallest absolute Gasteiger partial charge is 0.437 e. The van der Waals surface area contributed by atoms with Crippen molar-refractivity contribution in [1.82, 2.24) is 0 Å². The second-order valence-electron chi connectivity index (χ2n) is 6.08. The van der Waals surface area contributed by atoms with Gasteiger partial charge in [0.2, 0.25) is 0 Å². The molecule has 2 aromatic carbocycles. The van der Waals surface area contributed by atoms with Crippen molar-refractivity contribution in [2.45, 2.75) is 18.1 Å². The number of methoxy groups -OCH3 is 1. The molecule has 29 heavy (non-hydrogen) atoms. The summed E-state index contributed by atoms with van der Waals surface area (Å²) in [4.78, 5) is 4.66. The zero-order valence-corrected chi connectivity index (χ0v) is 15.6. The molecule has 0 aliphatic carbocycles. The number of aliphatic hydroxyl groups is 1. The number of anilines is 1. The minimum Gasteiger partial charge on any atom is -0.497 e. The van der Waals surface area contributed by atoms with Crippen molar-refractivity contribution in [3.8, 4) is 5.75 Å². The molecule has 4 nitrogen and oxygen atoms in total. The molecule has 0 radical (unpaired) electrons. The molecule has 1 N–H and O–H groups in total. The molecule has 1 aliphatic rings. The molecule has 0 saturated carbocycles. The van der Waals surface area contributed by atoms with Crippen LogP contribution in [0.25, 0.3) is 0 Å². The predicted molar refractivity (Wildman–Crippen MR) is 97.5 cm³/mol. The molecule has 2 aromatic rings. The van der Waals surface area contributed by atoms with Gasteiger partial charge in [0.1, 0.15) is 5.75 Å². The molecule has 1 heterocycles. The Balaban J connectivity index is 2.03. The summed E-state index contributed by atoms with van der Waals surface area (Å²) in [6.07, 6.45) is -9.54. The summed E-state index contributed by atoms with van der Waals surface area (Å²) in [5, 5.41) is 10.2. The maximum Gasteiger partial charge on any atom is 0.437 e. The standard InChI is InChI=1S/C18H14F6N2O2S/c1-28-14-8-6-13(7-9-14)26-15(29-10-16(26,27)18(22,23)24)25-12-4-2-11(3-5-12)17(19,20)21/h2-9,27H,10H2,1H3. The van der Waals surface area contributed by atoms with Gasteiger partial charge in [0, 0.05) is 5.69 Å². The van der Waals surface area contributed by atoms with Gasteiger partial charge in [0.15, 0.2) is 5.17 Å². The quantitative estimate of drug-likeness (QED) is 0.672. The van der Waals surface area contributed by atoms with E-state index in [1.54, 1.807) is 0 Å². The van der Waals surface area contributed by atoms with Crippen LogP contribution in [0.5, 0.6) is 5.75 Å². The van der Waals surface area contributed by atoms with E-state index in [0.29, 0.717) is 22.4 Å². The fourth-order valence-electron chi connectivity index (χ4n) is 2.63. The lowest BCUT2D eigenvalue weighted by Gasteiger charge is -2.35. The number of ether oxygens (including phenoxy) is 1. The average Bonchev–Trinajstić information content (AvgIpc) is 2.99. The van der Waals surface area contributed by atoms with E-state index < -0.39 is 29.4 Å². The van der Waals surface area contributed by atoms with Crippen LogP contribution >= 0.6 is 11.8 Å². The molecular formula is C18H14F6N2O2S. The van der Waals surface area contributed by atoms with Gasteiger partial charge in [-0.3, -0.25) is 4.90 Å². The van der Waals surface area contributed by atoms with Gasteiger partial charge in [-0.15, -0.1) is 0 Å². The minimum absolute atomic E-state index is 0.00119. The highest BCUT2D eigenvalue weighted by atomic mass is 32.2. The van der Waals surface area contributed by atoms with Crippen molar-refractivity contribution in [2.75, 3.05) is 17.8 Å². The summed E-state index contributed by atoms with van der Waals surface area (Å²) in [6.45, 7) is 0. The van der Waals surface area contributed by atoms with E-state index in [0.717, 1.165) is 24.3 Å². The zero-order chi connectivity index (χ0) is 21.4. The predicted octanol–water partition coefficient (Wildman–Crippen LogP) is 5.21. The van der Waals surface area contributed by atoms with E-state index in [9.17, 15) is 31.4 Å². The highest BCUT2D eigenvalue weighted by molar-refractivity contribution is 8.14. The first-order valence-electron chi connectivity index (χ1n) is 8.08. The van der Waals surface area contributed by atoms with Gasteiger partial charge in [-0.2, -0.15) is 26.3 Å². The fraction of sp³-hybridized carbons (Fsp3) is 0.278. The van der Waals surface area contributed by atoms with Gasteiger partial charge < -0.3 is 9.84 Å². The maximum atomic E-state index is 13.6. The van der Waals surface area contributed by atoms with Crippen LogP contribution < -0.4 is 9.64 Å². The zero-order valence-electron chi connectivity index (χ0n) is 14.8. The Labute approximate surface area is 165 Å². The third-order valence-corrected chi connectivity index (χ3v) is 5.25. The van der Waals surface area contributed by atoms with Crippen molar-refractivity contribution in [3.05, 3.63) is 54.1 Å². The summed E-state index contributed by atoms with van der Waals surface area (Å²) in [6, 6.07) is 9.16. The Morgan fingerprint density at radius 3 is 2.07 bits per heavy atom. The highest BCUT2D eigenvalue weighted by Crippen LogP contribution is 2.46. The summed E-state index contributed by atoms with van der Waals surface area (Å²) in [7, 11) is 1.39. The maximum absolute atomic E-state index is 13.6. The third-order valence-electron chi connectivity index (χ3n) is 4.17. The molecule has 1 saturated heterocycles. The number of nitrogens with zero attached hydrogens (tertiary/aromatic N) is 2. The number of benzene rings is 2. The summed E-state index contributed by atoms with van der Waals surface area (Å²) < 4.78 is 83.9. The molecule has 1 atom stereocenters. The molecule has 0 aromatic heterocycles. The molecule has 156 valence electrons. The molecule has 1 fully saturated rings. The molecule has 1 unspecified atom stereocenters. The van der Waals surface area contributed by atoms with Crippen LogP contribution in [0.4, 0.5) is 37.7 Å². The Bertz CT molecular complexity index is 897. The Hall–Kier alpha value is -2.40. The van der Waals surface area contributed by atoms with Crippen molar-refractivity contribution in [3.63, 3.8) is 0 Å². The number of rotatable bonds is 3. The molecular weight excluding hydrogens is 422 g/mol. The lowest BCUT2D eigenvalue weighted by molar-refractivity contribution is -0.244. The van der Waals surface area contributed by atoms with Crippen LogP contribution in [0.2, 0.25) is 0 Å². The summed E-state index contributed by atoms with van der Waals surface area (Å²) in [5.74, 6) is -0.348. The first-order valence-corrected chi connectivity index (χ1v) is 9.06. The average molecular weight is 436 g/mol. The topological polar surface area (TPSA) is 45.1 Å². The van der Waals surface area contributed by atoms with Crippen LogP contribution in [0.1, 0.15) is 5.56 Å². The number of alkyl halides is 6. The monoisotopic (exact) mass is 436 g/mol. The second-order valence-corrected chi connectivity index (χ2v) is 7.02. The molecule has 0 amide bonds. The van der Waals surface area contributed by atoms with Gasteiger partial charge in [-0.1, -0.05) is 11.8 Å². The Morgan fingerprint density at radius 1 is 1.00 bits per heavy atom.